The minimum absolute atomic E-state index is 0.0887. The average Bonchev–Trinajstić information content (AvgIpc) is 3.03. The van der Waals surface area contributed by atoms with E-state index < -0.39 is 0 Å². The van der Waals surface area contributed by atoms with Gasteiger partial charge >= 0.3 is 0 Å². The van der Waals surface area contributed by atoms with Crippen LogP contribution in [0.1, 0.15) is 5.56 Å². The highest BCUT2D eigenvalue weighted by Crippen LogP contribution is 2.25. The van der Waals surface area contributed by atoms with Crippen LogP contribution in [0.3, 0.4) is 0 Å². The van der Waals surface area contributed by atoms with E-state index in [2.05, 4.69) is 10.1 Å². The molecule has 0 unspecified atom stereocenters. The predicted molar refractivity (Wildman–Crippen MR) is 89.2 cm³/mol. The molecule has 0 saturated heterocycles. The van der Waals surface area contributed by atoms with E-state index in [0.717, 1.165) is 16.7 Å². The van der Waals surface area contributed by atoms with Gasteiger partial charge in [-0.1, -0.05) is 30.3 Å². The van der Waals surface area contributed by atoms with Gasteiger partial charge in [0.1, 0.15) is 0 Å². The molecule has 5 heteroatoms. The van der Waals surface area contributed by atoms with Crippen LogP contribution in [0, 0.1) is 6.92 Å². The van der Waals surface area contributed by atoms with Gasteiger partial charge < -0.3 is 0 Å². The molecule has 0 aliphatic heterocycles. The molecule has 0 spiro atoms. The summed E-state index contributed by atoms with van der Waals surface area (Å²) in [6.07, 6.45) is 5.25. The van der Waals surface area contributed by atoms with Crippen LogP contribution in [-0.2, 0) is 0 Å². The first-order valence-electron chi connectivity index (χ1n) is 7.32. The van der Waals surface area contributed by atoms with E-state index in [0.29, 0.717) is 16.9 Å². The number of aromatic amines is 1. The first-order chi connectivity index (χ1) is 11.3. The molecule has 0 aliphatic carbocycles. The minimum atomic E-state index is -0.0887. The maximum absolute atomic E-state index is 12.6. The van der Waals surface area contributed by atoms with Crippen molar-refractivity contribution in [2.75, 3.05) is 0 Å². The van der Waals surface area contributed by atoms with E-state index in [4.69, 9.17) is 4.98 Å². The molecule has 0 fully saturated rings. The minimum Gasteiger partial charge on any atom is -0.296 e. The zero-order valence-corrected chi connectivity index (χ0v) is 12.5. The van der Waals surface area contributed by atoms with Crippen LogP contribution in [0.5, 0.6) is 0 Å². The van der Waals surface area contributed by atoms with Crippen LogP contribution < -0.4 is 5.56 Å². The largest absolute Gasteiger partial charge is 0.296 e. The third-order valence-electron chi connectivity index (χ3n) is 3.93. The Morgan fingerprint density at radius 3 is 2.48 bits per heavy atom. The van der Waals surface area contributed by atoms with Gasteiger partial charge in [-0.2, -0.15) is 0 Å². The van der Waals surface area contributed by atoms with Gasteiger partial charge in [0, 0.05) is 35.3 Å². The standard InChI is InChI=1S/C18H14N4O/c1-12-16(14-5-3-2-4-6-14)21-17-15(11-20-22(17)18(12)23)13-7-9-19-10-8-13/h2-11,20H,1H3. The van der Waals surface area contributed by atoms with Gasteiger partial charge in [-0.3, -0.25) is 14.9 Å². The van der Waals surface area contributed by atoms with Crippen molar-refractivity contribution in [2.45, 2.75) is 6.92 Å². The molecule has 0 aliphatic rings. The van der Waals surface area contributed by atoms with Gasteiger partial charge in [-0.25, -0.2) is 9.50 Å². The number of benzene rings is 1. The second kappa shape index (κ2) is 5.21. The molecule has 0 saturated carbocycles. The molecule has 4 aromatic rings. The fourth-order valence-electron chi connectivity index (χ4n) is 2.72. The van der Waals surface area contributed by atoms with Gasteiger partial charge in [0.25, 0.3) is 5.56 Å². The molecule has 5 nitrogen and oxygen atoms in total. The lowest BCUT2D eigenvalue weighted by molar-refractivity contribution is 0.887. The lowest BCUT2D eigenvalue weighted by atomic mass is 10.1. The molecule has 0 amide bonds. The number of rotatable bonds is 2. The van der Waals surface area contributed by atoms with E-state index in [1.807, 2.05) is 42.5 Å². The van der Waals surface area contributed by atoms with Gasteiger partial charge in [0.05, 0.1) is 5.69 Å². The van der Waals surface area contributed by atoms with Crippen LogP contribution in [-0.4, -0.2) is 19.6 Å². The van der Waals surface area contributed by atoms with Gasteiger partial charge in [0.2, 0.25) is 0 Å². The first kappa shape index (κ1) is 13.5. The van der Waals surface area contributed by atoms with E-state index in [1.165, 1.54) is 4.52 Å². The number of hydrogen-bond acceptors (Lipinski definition) is 3. The van der Waals surface area contributed by atoms with E-state index in [-0.39, 0.29) is 5.56 Å². The Hall–Kier alpha value is -3.21. The third-order valence-corrected chi connectivity index (χ3v) is 3.93. The average molecular weight is 302 g/mol. The molecule has 3 heterocycles. The van der Waals surface area contributed by atoms with Crippen molar-refractivity contribution >= 4 is 5.65 Å². The Morgan fingerprint density at radius 1 is 1.00 bits per heavy atom. The van der Waals surface area contributed by atoms with Crippen molar-refractivity contribution < 1.29 is 0 Å². The molecule has 23 heavy (non-hydrogen) atoms. The van der Waals surface area contributed by atoms with Gasteiger partial charge in [-0.05, 0) is 24.6 Å². The number of hydrogen-bond donors (Lipinski definition) is 1. The second-order valence-electron chi connectivity index (χ2n) is 5.34. The monoisotopic (exact) mass is 302 g/mol. The predicted octanol–water partition coefficient (Wildman–Crippen LogP) is 3.06. The van der Waals surface area contributed by atoms with Crippen LogP contribution in [0.15, 0.2) is 65.8 Å². The summed E-state index contributed by atoms with van der Waals surface area (Å²) >= 11 is 0. The van der Waals surface area contributed by atoms with Crippen molar-refractivity contribution in [3.8, 4) is 22.4 Å². The van der Waals surface area contributed by atoms with Crippen LogP contribution in [0.4, 0.5) is 0 Å². The topological polar surface area (TPSA) is 63.1 Å². The Kier molecular flexibility index (Phi) is 3.05. The Balaban J connectivity index is 2.04. The molecule has 3 aromatic heterocycles. The fraction of sp³-hybridized carbons (Fsp3) is 0.0556. The number of aromatic nitrogens is 4. The summed E-state index contributed by atoms with van der Waals surface area (Å²) in [5.41, 5.74) is 4.64. The Morgan fingerprint density at radius 2 is 1.74 bits per heavy atom. The van der Waals surface area contributed by atoms with Gasteiger partial charge in [-0.15, -0.1) is 0 Å². The Labute approximate surface area is 132 Å². The van der Waals surface area contributed by atoms with Crippen molar-refractivity contribution in [3.63, 3.8) is 0 Å². The van der Waals surface area contributed by atoms with E-state index >= 15 is 0 Å². The smallest absolute Gasteiger partial charge is 0.276 e. The van der Waals surface area contributed by atoms with Gasteiger partial charge in [0.15, 0.2) is 5.65 Å². The van der Waals surface area contributed by atoms with Crippen molar-refractivity contribution in [1.29, 1.82) is 0 Å². The maximum Gasteiger partial charge on any atom is 0.276 e. The zero-order chi connectivity index (χ0) is 15.8. The number of nitrogens with one attached hydrogen (secondary N) is 1. The summed E-state index contributed by atoms with van der Waals surface area (Å²) in [7, 11) is 0. The number of nitrogens with zero attached hydrogens (tertiary/aromatic N) is 3. The Bertz CT molecular complexity index is 1030. The number of fused-ring (bicyclic) bond motifs is 1. The lowest BCUT2D eigenvalue weighted by Crippen LogP contribution is -2.19. The van der Waals surface area contributed by atoms with Crippen molar-refractivity contribution in [2.24, 2.45) is 0 Å². The summed E-state index contributed by atoms with van der Waals surface area (Å²) in [5, 5.41) is 3.00. The summed E-state index contributed by atoms with van der Waals surface area (Å²) in [4.78, 5) is 21.4. The second-order valence-corrected chi connectivity index (χ2v) is 5.34. The zero-order valence-electron chi connectivity index (χ0n) is 12.5. The molecule has 4 rings (SSSR count). The normalized spacial score (nSPS) is 11.0. The van der Waals surface area contributed by atoms with Crippen LogP contribution >= 0.6 is 0 Å². The molecule has 0 bridgehead atoms. The highest BCUT2D eigenvalue weighted by Gasteiger charge is 2.15. The molecule has 0 atom stereocenters. The molecular formula is C18H14N4O. The van der Waals surface area contributed by atoms with Crippen LogP contribution in [0.2, 0.25) is 0 Å². The highest BCUT2D eigenvalue weighted by atomic mass is 16.1. The van der Waals surface area contributed by atoms with E-state index in [1.54, 1.807) is 25.5 Å². The summed E-state index contributed by atoms with van der Waals surface area (Å²) in [6.45, 7) is 1.80. The van der Waals surface area contributed by atoms with Crippen molar-refractivity contribution in [1.82, 2.24) is 19.6 Å². The SMILES string of the molecule is Cc1c(-c2ccccc2)nc2c(-c3ccncc3)c[nH]n2c1=O. The van der Waals surface area contributed by atoms with Crippen LogP contribution in [0.25, 0.3) is 28.0 Å². The summed E-state index contributed by atoms with van der Waals surface area (Å²) in [6, 6.07) is 13.6. The fourth-order valence-corrected chi connectivity index (χ4v) is 2.72. The molecule has 1 aromatic carbocycles. The molecule has 0 radical (unpaired) electrons. The summed E-state index contributed by atoms with van der Waals surface area (Å²) in [5.74, 6) is 0. The summed E-state index contributed by atoms with van der Waals surface area (Å²) < 4.78 is 1.48. The molecule has 112 valence electrons. The quantitative estimate of drug-likeness (QED) is 0.619. The lowest BCUT2D eigenvalue weighted by Gasteiger charge is -2.06. The van der Waals surface area contributed by atoms with E-state index in [9.17, 15) is 4.79 Å². The highest BCUT2D eigenvalue weighted by molar-refractivity contribution is 5.78. The molecule has 1 N–H and O–H groups in total. The third kappa shape index (κ3) is 2.14. The number of H-pyrrole nitrogens is 1. The molecular weight excluding hydrogens is 288 g/mol. The van der Waals surface area contributed by atoms with Crippen molar-refractivity contribution in [3.05, 3.63) is 77.0 Å². The maximum atomic E-state index is 12.6. The first-order valence-corrected chi connectivity index (χ1v) is 7.32. The number of pyridine rings is 1.